The summed E-state index contributed by atoms with van der Waals surface area (Å²) in [6.07, 6.45) is 5.91. The van der Waals surface area contributed by atoms with Gasteiger partial charge in [-0.25, -0.2) is 4.98 Å². The van der Waals surface area contributed by atoms with E-state index in [1.807, 2.05) is 0 Å². The summed E-state index contributed by atoms with van der Waals surface area (Å²) in [7, 11) is 1.62. The summed E-state index contributed by atoms with van der Waals surface area (Å²) in [4.78, 5) is 17.6. The Bertz CT molecular complexity index is 473. The maximum absolute atomic E-state index is 12.7. The Morgan fingerprint density at radius 3 is 2.77 bits per heavy atom. The molecule has 2 atom stereocenters. The molecule has 1 saturated carbocycles. The predicted octanol–water partition coefficient (Wildman–Crippen LogP) is 2.60. The molecule has 9 heteroatoms. The molecule has 0 bridgehead atoms. The van der Waals surface area contributed by atoms with Gasteiger partial charge in [-0.1, -0.05) is 6.42 Å². The van der Waals surface area contributed by atoms with Crippen molar-refractivity contribution in [2.75, 3.05) is 7.05 Å². The van der Waals surface area contributed by atoms with Gasteiger partial charge in [0.2, 0.25) is 5.91 Å². The molecule has 1 fully saturated rings. The molecule has 2 unspecified atom stereocenters. The highest BCUT2D eigenvalue weighted by Crippen LogP contribution is 2.25. The highest BCUT2D eigenvalue weighted by molar-refractivity contribution is 5.85. The minimum absolute atomic E-state index is 0. The lowest BCUT2D eigenvalue weighted by Gasteiger charge is -2.29. The average Bonchev–Trinajstić information content (AvgIpc) is 2.86. The van der Waals surface area contributed by atoms with Gasteiger partial charge >= 0.3 is 6.55 Å². The molecule has 1 aromatic rings. The highest BCUT2D eigenvalue weighted by Gasteiger charge is 2.28. The van der Waals surface area contributed by atoms with Crippen LogP contribution in [0.25, 0.3) is 0 Å². The maximum atomic E-state index is 12.7. The Kier molecular flexibility index (Phi) is 8.88. The number of imidazole rings is 1. The lowest BCUT2D eigenvalue weighted by atomic mass is 9.85. The number of nitrogens with zero attached hydrogens (tertiary/aromatic N) is 3. The second-order valence-electron chi connectivity index (χ2n) is 5.35. The molecule has 128 valence electrons. The minimum Gasteiger partial charge on any atom is -0.338 e. The van der Waals surface area contributed by atoms with Crippen LogP contribution in [0.3, 0.4) is 0 Å². The summed E-state index contributed by atoms with van der Waals surface area (Å²) in [5.74, 6) is 0.0543. The van der Waals surface area contributed by atoms with Crippen molar-refractivity contribution in [2.24, 2.45) is 11.7 Å². The second kappa shape index (κ2) is 9.27. The van der Waals surface area contributed by atoms with E-state index in [4.69, 9.17) is 5.73 Å². The zero-order valence-corrected chi connectivity index (χ0v) is 14.0. The smallest absolute Gasteiger partial charge is 0.319 e. The van der Waals surface area contributed by atoms with Crippen LogP contribution in [0.5, 0.6) is 0 Å². The third kappa shape index (κ3) is 5.07. The number of rotatable bonds is 4. The van der Waals surface area contributed by atoms with Gasteiger partial charge in [-0.15, -0.1) is 24.8 Å². The Morgan fingerprint density at radius 2 is 2.18 bits per heavy atom. The molecule has 1 aliphatic rings. The van der Waals surface area contributed by atoms with Crippen LogP contribution >= 0.6 is 24.8 Å². The molecule has 1 heterocycles. The molecular formula is C13H22Cl2F2N4O. The molecule has 2 N–H and O–H groups in total. The van der Waals surface area contributed by atoms with Gasteiger partial charge in [0.1, 0.15) is 5.82 Å². The zero-order chi connectivity index (χ0) is 14.7. The van der Waals surface area contributed by atoms with E-state index in [2.05, 4.69) is 4.98 Å². The Morgan fingerprint density at radius 1 is 1.50 bits per heavy atom. The number of carbonyl (C=O) groups is 1. The summed E-state index contributed by atoms with van der Waals surface area (Å²) in [5.41, 5.74) is 5.88. The topological polar surface area (TPSA) is 64.2 Å². The fourth-order valence-electron chi connectivity index (χ4n) is 2.70. The number of alkyl halides is 2. The SMILES string of the molecule is CN(Cc1nccn1C(F)F)C(=O)C1CCCC(N)C1.Cl.Cl. The van der Waals surface area contributed by atoms with Gasteiger partial charge < -0.3 is 10.6 Å². The second-order valence-corrected chi connectivity index (χ2v) is 5.35. The third-order valence-corrected chi connectivity index (χ3v) is 3.78. The van der Waals surface area contributed by atoms with E-state index in [9.17, 15) is 13.6 Å². The highest BCUT2D eigenvalue weighted by atomic mass is 35.5. The van der Waals surface area contributed by atoms with Crippen LogP contribution in [-0.2, 0) is 11.3 Å². The Balaban J connectivity index is 0.00000220. The van der Waals surface area contributed by atoms with Crippen LogP contribution in [-0.4, -0.2) is 33.4 Å². The summed E-state index contributed by atoms with van der Waals surface area (Å²) >= 11 is 0. The number of carbonyl (C=O) groups excluding carboxylic acids is 1. The molecule has 1 aliphatic carbocycles. The Hall–Kier alpha value is -0.920. The number of hydrogen-bond acceptors (Lipinski definition) is 3. The summed E-state index contributed by atoms with van der Waals surface area (Å²) in [5, 5.41) is 0. The monoisotopic (exact) mass is 358 g/mol. The molecular weight excluding hydrogens is 337 g/mol. The van der Waals surface area contributed by atoms with Crippen LogP contribution in [0.15, 0.2) is 12.4 Å². The van der Waals surface area contributed by atoms with E-state index in [-0.39, 0.29) is 55.1 Å². The van der Waals surface area contributed by atoms with Crippen molar-refractivity contribution in [1.29, 1.82) is 0 Å². The number of nitrogens with two attached hydrogens (primary N) is 1. The molecule has 5 nitrogen and oxygen atoms in total. The molecule has 0 aromatic carbocycles. The van der Waals surface area contributed by atoms with Crippen LogP contribution in [0.1, 0.15) is 38.1 Å². The van der Waals surface area contributed by atoms with Crippen LogP contribution in [0.4, 0.5) is 8.78 Å². The van der Waals surface area contributed by atoms with Gasteiger partial charge in [-0.3, -0.25) is 9.36 Å². The lowest BCUT2D eigenvalue weighted by molar-refractivity contribution is -0.136. The van der Waals surface area contributed by atoms with Gasteiger partial charge in [0.05, 0.1) is 6.54 Å². The van der Waals surface area contributed by atoms with E-state index < -0.39 is 6.55 Å². The van der Waals surface area contributed by atoms with E-state index in [1.165, 1.54) is 17.3 Å². The molecule has 0 saturated heterocycles. The lowest BCUT2D eigenvalue weighted by Crippen LogP contribution is -2.39. The van der Waals surface area contributed by atoms with E-state index in [0.717, 1.165) is 23.8 Å². The molecule has 22 heavy (non-hydrogen) atoms. The molecule has 1 aromatic heterocycles. The zero-order valence-electron chi connectivity index (χ0n) is 12.3. The van der Waals surface area contributed by atoms with Crippen molar-refractivity contribution < 1.29 is 13.6 Å². The third-order valence-electron chi connectivity index (χ3n) is 3.78. The van der Waals surface area contributed by atoms with Crippen molar-refractivity contribution in [3.63, 3.8) is 0 Å². The summed E-state index contributed by atoms with van der Waals surface area (Å²) in [6, 6.07) is 0.0640. The number of halogens is 4. The summed E-state index contributed by atoms with van der Waals surface area (Å²) in [6.45, 7) is -2.55. The fraction of sp³-hybridized carbons (Fsp3) is 0.692. The fourth-order valence-corrected chi connectivity index (χ4v) is 2.70. The molecule has 0 radical (unpaired) electrons. The average molecular weight is 359 g/mol. The van der Waals surface area contributed by atoms with Gasteiger partial charge in [-0.05, 0) is 19.3 Å². The van der Waals surface area contributed by atoms with Crippen molar-refractivity contribution >= 4 is 30.7 Å². The first-order chi connectivity index (χ1) is 9.49. The first kappa shape index (κ1) is 21.1. The molecule has 1 amide bonds. The maximum Gasteiger partial charge on any atom is 0.319 e. The van der Waals surface area contributed by atoms with E-state index in [0.29, 0.717) is 6.42 Å². The van der Waals surface area contributed by atoms with Crippen molar-refractivity contribution in [3.8, 4) is 0 Å². The van der Waals surface area contributed by atoms with Gasteiger partial charge in [-0.2, -0.15) is 8.78 Å². The van der Waals surface area contributed by atoms with E-state index >= 15 is 0 Å². The first-order valence-corrected chi connectivity index (χ1v) is 6.79. The van der Waals surface area contributed by atoms with E-state index in [1.54, 1.807) is 7.05 Å². The minimum atomic E-state index is -2.64. The molecule has 0 aliphatic heterocycles. The van der Waals surface area contributed by atoms with Crippen molar-refractivity contribution in [2.45, 2.75) is 44.8 Å². The Labute approximate surface area is 141 Å². The number of aromatic nitrogens is 2. The van der Waals surface area contributed by atoms with Crippen LogP contribution in [0.2, 0.25) is 0 Å². The first-order valence-electron chi connectivity index (χ1n) is 6.79. The van der Waals surface area contributed by atoms with Gasteiger partial charge in [0.15, 0.2) is 0 Å². The quantitative estimate of drug-likeness (QED) is 0.899. The number of amides is 1. The van der Waals surface area contributed by atoms with Crippen molar-refractivity contribution in [3.05, 3.63) is 18.2 Å². The van der Waals surface area contributed by atoms with Crippen molar-refractivity contribution in [1.82, 2.24) is 14.5 Å². The standard InChI is InChI=1S/C13H20F2N4O.2ClH/c1-18(8-11-17-5-6-19(11)13(14)15)12(20)9-3-2-4-10(16)7-9;;/h5-6,9-10,13H,2-4,7-8,16H2,1H3;2*1H. The normalized spacial score (nSPS) is 21.0. The number of hydrogen-bond donors (Lipinski definition) is 1. The van der Waals surface area contributed by atoms with Crippen LogP contribution in [0, 0.1) is 5.92 Å². The summed E-state index contributed by atoms with van der Waals surface area (Å²) < 4.78 is 26.2. The molecule has 2 rings (SSSR count). The van der Waals surface area contributed by atoms with Crippen LogP contribution < -0.4 is 5.73 Å². The predicted molar refractivity (Wildman–Crippen MR) is 84.4 cm³/mol. The molecule has 0 spiro atoms. The van der Waals surface area contributed by atoms with Gasteiger partial charge in [0, 0.05) is 31.4 Å². The largest absolute Gasteiger partial charge is 0.338 e. The van der Waals surface area contributed by atoms with Gasteiger partial charge in [0.25, 0.3) is 0 Å².